The third kappa shape index (κ3) is 5.76. The van der Waals surface area contributed by atoms with E-state index in [0.29, 0.717) is 25.8 Å². The predicted octanol–water partition coefficient (Wildman–Crippen LogP) is 1.17. The van der Waals surface area contributed by atoms with Crippen molar-refractivity contribution in [2.24, 2.45) is 5.73 Å². The average molecular weight is 403 g/mol. The number of nitrogens with two attached hydrogens (primary N) is 1. The van der Waals surface area contributed by atoms with Crippen LogP contribution in [0, 0.1) is 0 Å². The highest BCUT2D eigenvalue weighted by Crippen LogP contribution is 2.28. The molecule has 0 heterocycles. The molecule has 0 aliphatic rings. The number of carbonyl (C=O) groups is 2. The summed E-state index contributed by atoms with van der Waals surface area (Å²) in [6.45, 7) is 0.529. The molecule has 1 atom stereocenters. The van der Waals surface area contributed by atoms with E-state index in [-0.39, 0.29) is 35.2 Å². The third-order valence-corrected chi connectivity index (χ3v) is 4.40. The van der Waals surface area contributed by atoms with Crippen LogP contribution in [-0.2, 0) is 0 Å². The zero-order valence-electron chi connectivity index (χ0n) is 15.8. The van der Waals surface area contributed by atoms with Crippen molar-refractivity contribution < 1.29 is 30.0 Å². The number of hydrogen-bond donors (Lipinski definition) is 7. The fourth-order valence-electron chi connectivity index (χ4n) is 2.75. The second kappa shape index (κ2) is 10.2. The van der Waals surface area contributed by atoms with Crippen LogP contribution in [0.1, 0.15) is 40.0 Å². The van der Waals surface area contributed by atoms with Crippen molar-refractivity contribution in [3.05, 3.63) is 47.5 Å². The molecule has 0 saturated carbocycles. The van der Waals surface area contributed by atoms with Gasteiger partial charge in [-0.3, -0.25) is 9.59 Å². The minimum Gasteiger partial charge on any atom is -0.504 e. The highest BCUT2D eigenvalue weighted by Gasteiger charge is 2.17. The number of carbonyl (C=O) groups excluding carboxylic acids is 2. The van der Waals surface area contributed by atoms with E-state index in [4.69, 9.17) is 5.73 Å². The number of phenolic OH excluding ortho intramolecular Hbond substituents is 4. The van der Waals surface area contributed by atoms with Crippen LogP contribution in [0.4, 0.5) is 0 Å². The number of hydrogen-bond acceptors (Lipinski definition) is 7. The highest BCUT2D eigenvalue weighted by atomic mass is 16.3. The van der Waals surface area contributed by atoms with Gasteiger partial charge in [-0.05, 0) is 43.5 Å². The Morgan fingerprint density at radius 1 is 0.862 bits per heavy atom. The molecule has 0 bridgehead atoms. The van der Waals surface area contributed by atoms with Gasteiger partial charge in [-0.1, -0.05) is 12.1 Å². The molecule has 8 N–H and O–H groups in total. The van der Waals surface area contributed by atoms with Crippen LogP contribution < -0.4 is 16.4 Å². The SMILES string of the molecule is NCC(CCCCNC(=O)c1cccc(O)c1O)NC(=O)c1cccc(O)c1O. The van der Waals surface area contributed by atoms with Gasteiger partial charge in [0.05, 0.1) is 11.1 Å². The van der Waals surface area contributed by atoms with Gasteiger partial charge in [0.2, 0.25) is 0 Å². The van der Waals surface area contributed by atoms with Crippen molar-refractivity contribution >= 4 is 11.8 Å². The summed E-state index contributed by atoms with van der Waals surface area (Å²) in [4.78, 5) is 24.3. The number of nitrogens with one attached hydrogen (secondary N) is 2. The van der Waals surface area contributed by atoms with Crippen molar-refractivity contribution in [1.29, 1.82) is 0 Å². The summed E-state index contributed by atoms with van der Waals surface area (Å²) in [5.41, 5.74) is 5.64. The van der Waals surface area contributed by atoms with Crippen LogP contribution in [0.5, 0.6) is 23.0 Å². The lowest BCUT2D eigenvalue weighted by atomic mass is 10.1. The maximum absolute atomic E-state index is 12.2. The van der Waals surface area contributed by atoms with Gasteiger partial charge in [0.25, 0.3) is 11.8 Å². The van der Waals surface area contributed by atoms with Crippen molar-refractivity contribution in [2.75, 3.05) is 13.1 Å². The molecule has 0 radical (unpaired) electrons. The van der Waals surface area contributed by atoms with Crippen LogP contribution in [0.15, 0.2) is 36.4 Å². The van der Waals surface area contributed by atoms with Gasteiger partial charge in [0.1, 0.15) is 0 Å². The normalized spacial score (nSPS) is 11.6. The quantitative estimate of drug-likeness (QED) is 0.244. The fourth-order valence-corrected chi connectivity index (χ4v) is 2.75. The summed E-state index contributed by atoms with van der Waals surface area (Å²) in [6.07, 6.45) is 1.81. The third-order valence-electron chi connectivity index (χ3n) is 4.40. The molecule has 2 aromatic rings. The number of unbranched alkanes of at least 4 members (excludes halogenated alkanes) is 1. The lowest BCUT2D eigenvalue weighted by Gasteiger charge is -2.17. The Balaban J connectivity index is 1.77. The molecule has 0 aliphatic carbocycles. The van der Waals surface area contributed by atoms with E-state index >= 15 is 0 Å². The molecule has 0 fully saturated rings. The largest absolute Gasteiger partial charge is 0.504 e. The second-order valence-corrected chi connectivity index (χ2v) is 6.50. The van der Waals surface area contributed by atoms with Gasteiger partial charge >= 0.3 is 0 Å². The van der Waals surface area contributed by atoms with Gasteiger partial charge in [-0.2, -0.15) is 0 Å². The summed E-state index contributed by atoms with van der Waals surface area (Å²) in [5, 5.41) is 43.7. The van der Waals surface area contributed by atoms with Crippen LogP contribution >= 0.6 is 0 Å². The van der Waals surface area contributed by atoms with E-state index in [1.807, 2.05) is 0 Å². The summed E-state index contributed by atoms with van der Waals surface area (Å²) in [6, 6.07) is 7.93. The summed E-state index contributed by atoms with van der Waals surface area (Å²) >= 11 is 0. The lowest BCUT2D eigenvalue weighted by molar-refractivity contribution is 0.0931. The van der Waals surface area contributed by atoms with Crippen LogP contribution in [0.3, 0.4) is 0 Å². The smallest absolute Gasteiger partial charge is 0.255 e. The molecule has 2 aromatic carbocycles. The van der Waals surface area contributed by atoms with Crippen LogP contribution in [-0.4, -0.2) is 51.4 Å². The zero-order chi connectivity index (χ0) is 21.4. The Labute approximate surface area is 167 Å². The van der Waals surface area contributed by atoms with Gasteiger partial charge in [0, 0.05) is 19.1 Å². The van der Waals surface area contributed by atoms with Gasteiger partial charge in [-0.25, -0.2) is 0 Å². The zero-order valence-corrected chi connectivity index (χ0v) is 15.8. The van der Waals surface area contributed by atoms with Crippen molar-refractivity contribution in [1.82, 2.24) is 10.6 Å². The number of benzene rings is 2. The molecule has 0 aliphatic heterocycles. The Morgan fingerprint density at radius 2 is 1.41 bits per heavy atom. The van der Waals surface area contributed by atoms with Crippen LogP contribution in [0.25, 0.3) is 0 Å². The second-order valence-electron chi connectivity index (χ2n) is 6.50. The first-order valence-electron chi connectivity index (χ1n) is 9.16. The lowest BCUT2D eigenvalue weighted by Crippen LogP contribution is -2.40. The Hall–Kier alpha value is -3.46. The van der Waals surface area contributed by atoms with Crippen molar-refractivity contribution in [3.8, 4) is 23.0 Å². The van der Waals surface area contributed by atoms with E-state index in [0.717, 1.165) is 0 Å². The Morgan fingerprint density at radius 3 is 1.97 bits per heavy atom. The standard InChI is InChI=1S/C20H25N3O6/c21-11-12(23-20(29)14-7-4-9-16(25)18(14)27)5-1-2-10-22-19(28)13-6-3-8-15(24)17(13)26/h3-4,6-9,12,24-27H,1-2,5,10-11,21H2,(H,22,28)(H,23,29). The first-order valence-corrected chi connectivity index (χ1v) is 9.16. The maximum atomic E-state index is 12.2. The minimum atomic E-state index is -0.540. The number of para-hydroxylation sites is 2. The number of phenols is 4. The van der Waals surface area contributed by atoms with Gasteiger partial charge in [0.15, 0.2) is 23.0 Å². The Bertz CT molecular complexity index is 871. The van der Waals surface area contributed by atoms with E-state index in [2.05, 4.69) is 10.6 Å². The summed E-state index contributed by atoms with van der Waals surface area (Å²) in [7, 11) is 0. The van der Waals surface area contributed by atoms with E-state index in [9.17, 15) is 30.0 Å². The maximum Gasteiger partial charge on any atom is 0.255 e. The first-order chi connectivity index (χ1) is 13.8. The molecular weight excluding hydrogens is 378 g/mol. The molecule has 9 heteroatoms. The molecule has 29 heavy (non-hydrogen) atoms. The number of rotatable bonds is 9. The van der Waals surface area contributed by atoms with Gasteiger partial charge < -0.3 is 36.8 Å². The van der Waals surface area contributed by atoms with Crippen LogP contribution in [0.2, 0.25) is 0 Å². The number of amides is 2. The molecule has 2 amide bonds. The van der Waals surface area contributed by atoms with E-state index in [1.54, 1.807) is 0 Å². The summed E-state index contributed by atoms with van der Waals surface area (Å²) in [5.74, 6) is -2.74. The molecule has 9 nitrogen and oxygen atoms in total. The highest BCUT2D eigenvalue weighted by molar-refractivity contribution is 5.98. The fraction of sp³-hybridized carbons (Fsp3) is 0.300. The topological polar surface area (TPSA) is 165 Å². The molecule has 1 unspecified atom stereocenters. The van der Waals surface area contributed by atoms with Crippen molar-refractivity contribution in [3.63, 3.8) is 0 Å². The Kier molecular flexibility index (Phi) is 7.67. The molecule has 0 spiro atoms. The molecule has 0 saturated heterocycles. The van der Waals surface area contributed by atoms with E-state index < -0.39 is 23.3 Å². The van der Waals surface area contributed by atoms with Gasteiger partial charge in [-0.15, -0.1) is 0 Å². The predicted molar refractivity (Wildman–Crippen MR) is 106 cm³/mol. The minimum absolute atomic E-state index is 0.0111. The molecule has 156 valence electrons. The first kappa shape index (κ1) is 21.8. The monoisotopic (exact) mass is 403 g/mol. The molecule has 2 rings (SSSR count). The van der Waals surface area contributed by atoms with E-state index in [1.165, 1.54) is 36.4 Å². The molecule has 0 aromatic heterocycles. The van der Waals surface area contributed by atoms with Crippen molar-refractivity contribution in [2.45, 2.75) is 25.3 Å². The number of aromatic hydroxyl groups is 4. The average Bonchev–Trinajstić information content (AvgIpc) is 2.70. The summed E-state index contributed by atoms with van der Waals surface area (Å²) < 4.78 is 0. The molecular formula is C20H25N3O6.